The molecule has 0 saturated carbocycles. The molecule has 192 valence electrons. The summed E-state index contributed by atoms with van der Waals surface area (Å²) < 4.78 is 86.6. The van der Waals surface area contributed by atoms with E-state index in [4.69, 9.17) is 4.74 Å². The fourth-order valence-electron chi connectivity index (χ4n) is 3.59. The average Bonchev–Trinajstić information content (AvgIpc) is 3.13. The number of carbonyl (C=O) groups is 2. The Bertz CT molecular complexity index is 1110. The summed E-state index contributed by atoms with van der Waals surface area (Å²) in [7, 11) is 0. The van der Waals surface area contributed by atoms with E-state index in [1.165, 1.54) is 4.90 Å². The molecular formula is C21H23F6N5O3. The van der Waals surface area contributed by atoms with Crippen LogP contribution < -0.4 is 5.32 Å². The summed E-state index contributed by atoms with van der Waals surface area (Å²) in [6, 6.07) is -0.0350. The number of alkyl carbamates (subject to hydrolysis) is 1. The van der Waals surface area contributed by atoms with Gasteiger partial charge < -0.3 is 19.5 Å². The maximum absolute atomic E-state index is 14.2. The van der Waals surface area contributed by atoms with Crippen LogP contribution in [0.15, 0.2) is 12.1 Å². The maximum Gasteiger partial charge on any atom is 0.451 e. The van der Waals surface area contributed by atoms with Crippen LogP contribution in [0.25, 0.3) is 0 Å². The Morgan fingerprint density at radius 1 is 1.11 bits per heavy atom. The molecule has 8 nitrogen and oxygen atoms in total. The standard InChI is InChI=1S/C21H23F6N5O3/c1-20(2,3)35-19(34)28-13(7-11-6-12(22)8-14(23)17(11)24)9-16(33)31-4-5-32-15(10-31)29-30-18(32)21(25,26)27/h6,8,13H,4-5,7,9-10H2,1-3H3,(H,28,34)/t13-/m1/s1. The number of rotatable bonds is 5. The van der Waals surface area contributed by atoms with Gasteiger partial charge in [0.05, 0.1) is 6.54 Å². The van der Waals surface area contributed by atoms with Gasteiger partial charge in [-0.2, -0.15) is 13.2 Å². The van der Waals surface area contributed by atoms with Crippen molar-refractivity contribution in [2.24, 2.45) is 0 Å². The molecule has 2 aromatic rings. The molecule has 2 amide bonds. The monoisotopic (exact) mass is 507 g/mol. The third-order valence-corrected chi connectivity index (χ3v) is 5.04. The van der Waals surface area contributed by atoms with Crippen molar-refractivity contribution < 1.29 is 40.7 Å². The van der Waals surface area contributed by atoms with Crippen LogP contribution in [-0.2, 0) is 35.2 Å². The minimum Gasteiger partial charge on any atom is -0.444 e. The second-order valence-corrected chi connectivity index (χ2v) is 9.02. The quantitative estimate of drug-likeness (QED) is 0.494. The molecule has 0 aliphatic carbocycles. The minimum atomic E-state index is -4.70. The van der Waals surface area contributed by atoms with E-state index < -0.39 is 71.5 Å². The van der Waals surface area contributed by atoms with Crippen molar-refractivity contribution >= 4 is 12.0 Å². The van der Waals surface area contributed by atoms with E-state index in [0.717, 1.165) is 10.6 Å². The number of carbonyl (C=O) groups excluding carboxylic acids is 2. The van der Waals surface area contributed by atoms with E-state index in [2.05, 4.69) is 15.5 Å². The number of hydrogen-bond donors (Lipinski definition) is 1. The molecule has 1 aromatic heterocycles. The fourth-order valence-corrected chi connectivity index (χ4v) is 3.59. The zero-order valence-electron chi connectivity index (χ0n) is 19.0. The molecule has 14 heteroatoms. The van der Waals surface area contributed by atoms with Crippen LogP contribution in [0.3, 0.4) is 0 Å². The van der Waals surface area contributed by atoms with Gasteiger partial charge in [-0.15, -0.1) is 10.2 Å². The smallest absolute Gasteiger partial charge is 0.444 e. The molecule has 0 bridgehead atoms. The van der Waals surface area contributed by atoms with Crippen LogP contribution in [-0.4, -0.2) is 49.9 Å². The van der Waals surface area contributed by atoms with Crippen molar-refractivity contribution in [3.63, 3.8) is 0 Å². The van der Waals surface area contributed by atoms with Crippen LogP contribution in [0, 0.1) is 17.5 Å². The molecular weight excluding hydrogens is 484 g/mol. The zero-order chi connectivity index (χ0) is 26.1. The van der Waals surface area contributed by atoms with Crippen molar-refractivity contribution in [3.05, 3.63) is 46.8 Å². The molecule has 0 radical (unpaired) electrons. The molecule has 1 aromatic carbocycles. The zero-order valence-corrected chi connectivity index (χ0v) is 19.0. The highest BCUT2D eigenvalue weighted by Crippen LogP contribution is 2.29. The topological polar surface area (TPSA) is 89.4 Å². The lowest BCUT2D eigenvalue weighted by Gasteiger charge is -2.30. The maximum atomic E-state index is 14.2. The van der Waals surface area contributed by atoms with Gasteiger partial charge in [-0.05, 0) is 38.8 Å². The highest BCUT2D eigenvalue weighted by atomic mass is 19.4. The SMILES string of the molecule is CC(C)(C)OC(=O)N[C@@H](CC(=O)N1CCn2c(nnc2C(F)(F)F)C1)Cc1cc(F)cc(F)c1F. The van der Waals surface area contributed by atoms with Crippen molar-refractivity contribution in [1.82, 2.24) is 25.0 Å². The van der Waals surface area contributed by atoms with Crippen molar-refractivity contribution in [3.8, 4) is 0 Å². The number of amides is 2. The Labute approximate surface area is 196 Å². The molecule has 3 rings (SSSR count). The number of ether oxygens (including phenoxy) is 1. The normalized spacial score (nSPS) is 14.9. The highest BCUT2D eigenvalue weighted by molar-refractivity contribution is 5.78. The molecule has 1 N–H and O–H groups in total. The number of hydrogen-bond acceptors (Lipinski definition) is 5. The number of fused-ring (bicyclic) bond motifs is 1. The average molecular weight is 507 g/mol. The van der Waals surface area contributed by atoms with E-state index in [0.29, 0.717) is 6.07 Å². The lowest BCUT2D eigenvalue weighted by atomic mass is 10.0. The van der Waals surface area contributed by atoms with Gasteiger partial charge in [-0.3, -0.25) is 4.79 Å². The largest absolute Gasteiger partial charge is 0.451 e. The first-order chi connectivity index (χ1) is 16.1. The number of alkyl halides is 3. The second-order valence-electron chi connectivity index (χ2n) is 9.02. The summed E-state index contributed by atoms with van der Waals surface area (Å²) in [4.78, 5) is 26.4. The summed E-state index contributed by atoms with van der Waals surface area (Å²) in [5, 5.41) is 9.04. The van der Waals surface area contributed by atoms with E-state index in [9.17, 15) is 35.9 Å². The van der Waals surface area contributed by atoms with Crippen LogP contribution >= 0.6 is 0 Å². The minimum absolute atomic E-state index is 0.0770. The Hall–Kier alpha value is -3.32. The van der Waals surface area contributed by atoms with Crippen LogP contribution in [0.1, 0.15) is 44.4 Å². The third-order valence-electron chi connectivity index (χ3n) is 5.04. The molecule has 0 unspecified atom stereocenters. The van der Waals surface area contributed by atoms with Crippen LogP contribution in [0.4, 0.5) is 31.1 Å². The molecule has 35 heavy (non-hydrogen) atoms. The van der Waals surface area contributed by atoms with Gasteiger partial charge >= 0.3 is 12.3 Å². The molecule has 0 fully saturated rings. The van der Waals surface area contributed by atoms with Crippen LogP contribution in [0.2, 0.25) is 0 Å². The summed E-state index contributed by atoms with van der Waals surface area (Å²) in [5.74, 6) is -5.67. The number of nitrogens with one attached hydrogen (secondary N) is 1. The van der Waals surface area contributed by atoms with E-state index in [1.54, 1.807) is 20.8 Å². The second kappa shape index (κ2) is 9.74. The van der Waals surface area contributed by atoms with E-state index >= 15 is 0 Å². The molecule has 1 aliphatic heterocycles. The molecule has 2 heterocycles. The van der Waals surface area contributed by atoms with Crippen molar-refractivity contribution in [1.29, 1.82) is 0 Å². The van der Waals surface area contributed by atoms with E-state index in [1.807, 2.05) is 0 Å². The number of benzene rings is 1. The first-order valence-corrected chi connectivity index (χ1v) is 10.5. The van der Waals surface area contributed by atoms with Gasteiger partial charge in [0.2, 0.25) is 11.7 Å². The lowest BCUT2D eigenvalue weighted by Crippen LogP contribution is -2.45. The summed E-state index contributed by atoms with van der Waals surface area (Å²) >= 11 is 0. The van der Waals surface area contributed by atoms with Gasteiger partial charge in [-0.25, -0.2) is 18.0 Å². The molecule has 1 atom stereocenters. The first-order valence-electron chi connectivity index (χ1n) is 10.5. The molecule has 0 spiro atoms. The van der Waals surface area contributed by atoms with Gasteiger partial charge in [0, 0.05) is 31.6 Å². The Morgan fingerprint density at radius 2 is 1.80 bits per heavy atom. The summed E-state index contributed by atoms with van der Waals surface area (Å²) in [5.41, 5.74) is -1.31. The number of halogens is 6. The van der Waals surface area contributed by atoms with Gasteiger partial charge in [0.25, 0.3) is 0 Å². The Kier molecular flexibility index (Phi) is 7.31. The molecule has 0 saturated heterocycles. The van der Waals surface area contributed by atoms with Crippen molar-refractivity contribution in [2.75, 3.05) is 6.54 Å². The Balaban J connectivity index is 1.77. The Morgan fingerprint density at radius 3 is 2.43 bits per heavy atom. The lowest BCUT2D eigenvalue weighted by molar-refractivity contribution is -0.148. The predicted octanol–water partition coefficient (Wildman–Crippen LogP) is 3.58. The first kappa shape index (κ1) is 26.3. The van der Waals surface area contributed by atoms with Crippen LogP contribution in [0.5, 0.6) is 0 Å². The van der Waals surface area contributed by atoms with Gasteiger partial charge in [0.15, 0.2) is 17.5 Å². The van der Waals surface area contributed by atoms with Gasteiger partial charge in [-0.1, -0.05) is 0 Å². The third kappa shape index (κ3) is 6.63. The predicted molar refractivity (Wildman–Crippen MR) is 108 cm³/mol. The highest BCUT2D eigenvalue weighted by Gasteiger charge is 2.40. The summed E-state index contributed by atoms with van der Waals surface area (Å²) in [6.45, 7) is 4.18. The number of nitrogens with zero attached hydrogens (tertiary/aromatic N) is 4. The number of aromatic nitrogens is 3. The molecule has 1 aliphatic rings. The van der Waals surface area contributed by atoms with Gasteiger partial charge in [0.1, 0.15) is 11.4 Å². The van der Waals surface area contributed by atoms with E-state index in [-0.39, 0.29) is 25.5 Å². The summed E-state index contributed by atoms with van der Waals surface area (Å²) in [6.07, 6.45) is -6.55. The van der Waals surface area contributed by atoms with Crippen molar-refractivity contribution in [2.45, 2.75) is 64.5 Å². The fraction of sp³-hybridized carbons (Fsp3) is 0.524.